The van der Waals surface area contributed by atoms with Crippen LogP contribution in [0.1, 0.15) is 11.4 Å². The van der Waals surface area contributed by atoms with Gasteiger partial charge in [0, 0.05) is 21.7 Å². The third-order valence-corrected chi connectivity index (χ3v) is 7.96. The van der Waals surface area contributed by atoms with Gasteiger partial charge in [-0.15, -0.1) is 11.8 Å². The molecular weight excluding hydrogens is 678 g/mol. The minimum absolute atomic E-state index is 0.00190. The zero-order valence-corrected chi connectivity index (χ0v) is 24.8. The summed E-state index contributed by atoms with van der Waals surface area (Å²) in [6.07, 6.45) is 3.67. The molecule has 1 aromatic heterocycles. The third kappa shape index (κ3) is 6.72. The lowest BCUT2D eigenvalue weighted by Gasteiger charge is -2.49. The van der Waals surface area contributed by atoms with Gasteiger partial charge in [0.15, 0.2) is 5.13 Å². The van der Waals surface area contributed by atoms with Gasteiger partial charge in [0.05, 0.1) is 7.11 Å². The highest BCUT2D eigenvalue weighted by Gasteiger charge is 2.54. The molecule has 40 heavy (non-hydrogen) atoms. The number of carbonyl (C=O) groups is 3. The number of nitrogen functional groups attached to an aromatic ring is 1. The number of halogens is 2. The van der Waals surface area contributed by atoms with Crippen molar-refractivity contribution in [1.29, 1.82) is 0 Å². The highest BCUT2D eigenvalue weighted by molar-refractivity contribution is 14.1. The maximum Gasteiger partial charge on any atom is 0.355 e. The van der Waals surface area contributed by atoms with Crippen LogP contribution in [0.4, 0.5) is 9.52 Å². The van der Waals surface area contributed by atoms with Crippen LogP contribution in [-0.4, -0.2) is 79.7 Å². The molecule has 0 radical (unpaired) electrons. The summed E-state index contributed by atoms with van der Waals surface area (Å²) in [5.41, 5.74) is 6.78. The minimum atomic E-state index is -0.973. The number of benzene rings is 1. The number of anilines is 1. The number of hydrogen-bond acceptors (Lipinski definition) is 12. The van der Waals surface area contributed by atoms with Gasteiger partial charge in [-0.3, -0.25) is 14.5 Å². The second-order valence-corrected chi connectivity index (χ2v) is 10.9. The van der Waals surface area contributed by atoms with Gasteiger partial charge >= 0.3 is 5.97 Å². The van der Waals surface area contributed by atoms with Crippen LogP contribution >= 0.6 is 45.9 Å². The van der Waals surface area contributed by atoms with Crippen molar-refractivity contribution in [3.8, 4) is 5.75 Å². The molecule has 1 fully saturated rings. The number of thioether (sulfide) groups is 1. The van der Waals surface area contributed by atoms with Crippen LogP contribution in [0.2, 0.25) is 0 Å². The lowest BCUT2D eigenvalue weighted by atomic mass is 10.0. The predicted molar refractivity (Wildman–Crippen MR) is 156 cm³/mol. The van der Waals surface area contributed by atoms with E-state index in [1.54, 1.807) is 37.5 Å². The smallest absolute Gasteiger partial charge is 0.355 e. The van der Waals surface area contributed by atoms with Crippen LogP contribution in [0.15, 0.2) is 52.8 Å². The number of nitrogens with one attached hydrogen (secondary N) is 1. The third-order valence-electron chi connectivity index (χ3n) is 5.61. The molecule has 2 aliphatic heterocycles. The molecule has 1 aromatic carbocycles. The Bertz CT molecular complexity index is 1350. The fraction of sp³-hybridized carbons (Fsp3) is 0.333. The van der Waals surface area contributed by atoms with Crippen LogP contribution < -0.4 is 15.8 Å². The predicted octanol–water partition coefficient (Wildman–Crippen LogP) is 2.21. The number of oxime groups is 1. The fourth-order valence-corrected chi connectivity index (χ4v) is 5.76. The van der Waals surface area contributed by atoms with Gasteiger partial charge in [-0.05, 0) is 23.3 Å². The molecule has 16 heteroatoms. The number of carbonyl (C=O) groups excluding carboxylic acids is 3. The molecule has 3 N–H and O–H groups in total. The van der Waals surface area contributed by atoms with E-state index in [4.69, 9.17) is 20.0 Å². The molecule has 2 amide bonds. The summed E-state index contributed by atoms with van der Waals surface area (Å²) in [7, 11) is 1.56. The topological polar surface area (TPSA) is 158 Å². The van der Waals surface area contributed by atoms with E-state index in [2.05, 4.69) is 42.4 Å². The number of allylic oxidation sites excluding steroid dienone is 2. The molecule has 1 saturated heterocycles. The van der Waals surface area contributed by atoms with Crippen molar-refractivity contribution in [2.45, 2.75) is 18.0 Å². The van der Waals surface area contributed by atoms with Gasteiger partial charge in [-0.2, -0.15) is 9.36 Å². The number of rotatable bonds is 12. The average Bonchev–Trinajstić information content (AvgIpc) is 3.40. The van der Waals surface area contributed by atoms with Crippen LogP contribution in [0.5, 0.6) is 5.75 Å². The minimum Gasteiger partial charge on any atom is -0.497 e. The number of fused-ring (bicyclic) bond motifs is 1. The molecule has 0 saturated carbocycles. The highest BCUT2D eigenvalue weighted by Crippen LogP contribution is 2.41. The molecule has 0 aliphatic carbocycles. The van der Waals surface area contributed by atoms with Gasteiger partial charge in [0.2, 0.25) is 11.5 Å². The first-order chi connectivity index (χ1) is 19.4. The van der Waals surface area contributed by atoms with Crippen LogP contribution in [0.3, 0.4) is 0 Å². The van der Waals surface area contributed by atoms with Crippen molar-refractivity contribution in [2.75, 3.05) is 36.3 Å². The van der Waals surface area contributed by atoms with Crippen molar-refractivity contribution in [3.05, 3.63) is 59.1 Å². The van der Waals surface area contributed by atoms with Crippen LogP contribution in [0.25, 0.3) is 0 Å². The maximum atomic E-state index is 13.3. The Kier molecular flexibility index (Phi) is 10.3. The summed E-state index contributed by atoms with van der Waals surface area (Å²) in [4.78, 5) is 49.7. The van der Waals surface area contributed by atoms with Crippen molar-refractivity contribution < 1.29 is 33.1 Å². The molecule has 2 aromatic rings. The zero-order valence-electron chi connectivity index (χ0n) is 21.0. The van der Waals surface area contributed by atoms with Gasteiger partial charge in [0.1, 0.15) is 42.8 Å². The van der Waals surface area contributed by atoms with Crippen molar-refractivity contribution >= 4 is 74.5 Å². The first kappa shape index (κ1) is 29.7. The summed E-state index contributed by atoms with van der Waals surface area (Å²) in [6.45, 7) is -1.21. The Hall–Kier alpha value is -3.25. The number of aromatic nitrogens is 2. The Morgan fingerprint density at radius 2 is 2.12 bits per heavy atom. The Labute approximate surface area is 250 Å². The molecular formula is C24H24FIN6O6S2. The number of esters is 1. The molecule has 4 rings (SSSR count). The molecule has 212 valence electrons. The van der Waals surface area contributed by atoms with Gasteiger partial charge < -0.3 is 25.4 Å². The molecule has 2 atom stereocenters. The maximum absolute atomic E-state index is 13.3. The first-order valence-electron chi connectivity index (χ1n) is 11.7. The lowest BCUT2D eigenvalue weighted by Crippen LogP contribution is -2.71. The number of ether oxygens (including phenoxy) is 2. The van der Waals surface area contributed by atoms with Crippen molar-refractivity contribution in [2.24, 2.45) is 5.16 Å². The van der Waals surface area contributed by atoms with E-state index >= 15 is 0 Å². The Morgan fingerprint density at radius 1 is 1.35 bits per heavy atom. The molecule has 2 aliphatic rings. The summed E-state index contributed by atoms with van der Waals surface area (Å²) < 4.78 is 27.9. The first-order valence-corrected chi connectivity index (χ1v) is 15.1. The zero-order chi connectivity index (χ0) is 28.6. The van der Waals surface area contributed by atoms with E-state index in [0.29, 0.717) is 21.5 Å². The second-order valence-electron chi connectivity index (χ2n) is 8.13. The van der Waals surface area contributed by atoms with E-state index in [0.717, 1.165) is 17.1 Å². The van der Waals surface area contributed by atoms with Crippen LogP contribution in [-0.2, 0) is 30.6 Å². The van der Waals surface area contributed by atoms with Crippen molar-refractivity contribution in [1.82, 2.24) is 19.6 Å². The largest absolute Gasteiger partial charge is 0.497 e. The number of β-lactam (4-membered cyclic amide) rings is 1. The Balaban J connectivity index is 1.50. The van der Waals surface area contributed by atoms with Gasteiger partial charge in [0.25, 0.3) is 11.8 Å². The summed E-state index contributed by atoms with van der Waals surface area (Å²) in [6, 6.07) is 6.09. The van der Waals surface area contributed by atoms with Crippen LogP contribution in [0, 0.1) is 0 Å². The quantitative estimate of drug-likeness (QED) is 0.0639. The van der Waals surface area contributed by atoms with Gasteiger partial charge in [-0.25, -0.2) is 9.18 Å². The van der Waals surface area contributed by atoms with E-state index < -0.39 is 35.9 Å². The summed E-state index contributed by atoms with van der Waals surface area (Å²) in [5.74, 6) is -1.00. The summed E-state index contributed by atoms with van der Waals surface area (Å²) >= 11 is 4.40. The number of hydrogen-bond donors (Lipinski definition) is 2. The number of amides is 2. The number of alkyl halides is 2. The molecule has 3 heterocycles. The van der Waals surface area contributed by atoms with E-state index in [-0.39, 0.29) is 35.6 Å². The second kappa shape index (κ2) is 13.9. The Morgan fingerprint density at radius 3 is 2.77 bits per heavy atom. The molecule has 12 nitrogen and oxygen atoms in total. The van der Waals surface area contributed by atoms with E-state index in [1.807, 2.05) is 6.08 Å². The number of methoxy groups -OCH3 is 1. The monoisotopic (exact) mass is 702 g/mol. The molecule has 0 unspecified atom stereocenters. The number of nitrogens with two attached hydrogens (primary N) is 1. The van der Waals surface area contributed by atoms with Gasteiger partial charge in [-0.1, -0.05) is 52.0 Å². The standard InChI is InChI=1S/C24H24FIN6O6S2/c1-36-15-6-4-13(5-7-15)11-37-23(35)18-14(3-2-9-26)12-39-22-17(21(34)32(18)22)28-20(33)16(30-38-10-8-25)19-29-24(27)40-31-19/h2-7,17,22H,8-12H2,1H3,(H,28,33)(H2,27,29,31)/b3-2+,30-16+/t17-,22-/m1/s1. The normalized spacial score (nSPS) is 18.8. The SMILES string of the molecule is COc1ccc(COC(=O)C2=C(/C=C/CI)CS[C@@H]3[C@H](NC(=O)/C(=N/OCCF)c4nsc(N)n4)C(=O)N23)cc1. The average molecular weight is 703 g/mol. The van der Waals surface area contributed by atoms with E-state index in [9.17, 15) is 18.8 Å². The van der Waals surface area contributed by atoms with Crippen molar-refractivity contribution in [3.63, 3.8) is 0 Å². The van der Waals surface area contributed by atoms with E-state index in [1.165, 1.54) is 16.7 Å². The lowest BCUT2D eigenvalue weighted by molar-refractivity contribution is -0.153. The highest BCUT2D eigenvalue weighted by atomic mass is 127. The summed E-state index contributed by atoms with van der Waals surface area (Å²) in [5, 5.41) is 5.77. The molecule has 0 bridgehead atoms. The molecule has 0 spiro atoms. The fourth-order valence-electron chi connectivity index (χ4n) is 3.76. The number of nitrogens with zero attached hydrogens (tertiary/aromatic N) is 4.